The van der Waals surface area contributed by atoms with E-state index < -0.39 is 0 Å². The van der Waals surface area contributed by atoms with Crippen LogP contribution in [0.1, 0.15) is 65.0 Å². The molecular formula is C21H31NO3. The average Bonchev–Trinajstić information content (AvgIpc) is 2.54. The van der Waals surface area contributed by atoms with Crippen LogP contribution >= 0.6 is 0 Å². The summed E-state index contributed by atoms with van der Waals surface area (Å²) in [6.45, 7) is 8.29. The summed E-state index contributed by atoms with van der Waals surface area (Å²) in [7, 11) is 0. The van der Waals surface area contributed by atoms with Gasteiger partial charge in [0.15, 0.2) is 0 Å². The minimum atomic E-state index is -0.308. The van der Waals surface area contributed by atoms with Crippen LogP contribution in [0.5, 0.6) is 5.75 Å². The summed E-state index contributed by atoms with van der Waals surface area (Å²) in [6.07, 6.45) is 3.90. The molecule has 0 bridgehead atoms. The highest BCUT2D eigenvalue weighted by Crippen LogP contribution is 2.49. The smallest absolute Gasteiger partial charge is 0.222 e. The number of phenols is 1. The maximum absolute atomic E-state index is 12.5. The Morgan fingerprint density at radius 3 is 2.72 bits per heavy atom. The van der Waals surface area contributed by atoms with Gasteiger partial charge in [0, 0.05) is 29.4 Å². The molecule has 2 aliphatic rings. The molecule has 1 aromatic rings. The molecule has 1 saturated heterocycles. The van der Waals surface area contributed by atoms with Crippen LogP contribution < -0.4 is 5.32 Å². The van der Waals surface area contributed by atoms with Crippen molar-refractivity contribution in [3.05, 3.63) is 29.8 Å². The van der Waals surface area contributed by atoms with Gasteiger partial charge in [-0.3, -0.25) is 4.79 Å². The first kappa shape index (κ1) is 18.2. The molecule has 5 atom stereocenters. The van der Waals surface area contributed by atoms with E-state index in [-0.39, 0.29) is 35.3 Å². The van der Waals surface area contributed by atoms with Gasteiger partial charge in [-0.15, -0.1) is 0 Å². The third-order valence-electron chi connectivity index (χ3n) is 6.04. The number of nitrogens with one attached hydrogen (secondary N) is 1. The van der Waals surface area contributed by atoms with Crippen LogP contribution in [0.2, 0.25) is 0 Å². The molecule has 4 nitrogen and oxygen atoms in total. The van der Waals surface area contributed by atoms with Crippen molar-refractivity contribution in [3.8, 4) is 5.75 Å². The highest BCUT2D eigenvalue weighted by atomic mass is 16.5. The lowest BCUT2D eigenvalue weighted by Gasteiger charge is -2.52. The van der Waals surface area contributed by atoms with E-state index in [0.29, 0.717) is 18.3 Å². The molecule has 1 amide bonds. The second-order valence-electron chi connectivity index (χ2n) is 8.51. The molecule has 138 valence electrons. The third-order valence-corrected chi connectivity index (χ3v) is 6.04. The number of hydrogen-bond donors (Lipinski definition) is 2. The molecule has 0 spiro atoms. The summed E-state index contributed by atoms with van der Waals surface area (Å²) in [4.78, 5) is 12.5. The SMILES string of the molecule is CC(C)C(=O)N[C@@]1(C)C[C@H](c2ccccc2O)O[C@@H]2C[C@H](C)CC[C@H]21. The minimum absolute atomic E-state index is 0.0378. The summed E-state index contributed by atoms with van der Waals surface area (Å²) in [5, 5.41) is 13.6. The Morgan fingerprint density at radius 2 is 2.04 bits per heavy atom. The third kappa shape index (κ3) is 3.69. The van der Waals surface area contributed by atoms with Crippen molar-refractivity contribution in [1.29, 1.82) is 0 Å². The van der Waals surface area contributed by atoms with Gasteiger partial charge in [0.1, 0.15) is 5.75 Å². The molecule has 1 saturated carbocycles. The number of para-hydroxylation sites is 1. The number of phenolic OH excluding ortho intramolecular Hbond substituents is 1. The van der Waals surface area contributed by atoms with Crippen LogP contribution in [0, 0.1) is 17.8 Å². The Labute approximate surface area is 151 Å². The summed E-state index contributed by atoms with van der Waals surface area (Å²) in [6, 6.07) is 7.39. The molecule has 4 heteroatoms. The van der Waals surface area contributed by atoms with Crippen molar-refractivity contribution >= 4 is 5.91 Å². The monoisotopic (exact) mass is 345 g/mol. The standard InChI is InChI=1S/C21H31NO3/c1-13(2)20(24)22-21(4)12-19(15-7-5-6-8-17(15)23)25-18-11-14(3)9-10-16(18)21/h5-8,13-14,16,18-19,23H,9-12H2,1-4H3,(H,22,24)/t14-,16-,18-,19-,21+/m1/s1. The Morgan fingerprint density at radius 1 is 1.32 bits per heavy atom. The second-order valence-corrected chi connectivity index (χ2v) is 8.51. The number of amides is 1. The van der Waals surface area contributed by atoms with E-state index in [4.69, 9.17) is 4.74 Å². The van der Waals surface area contributed by atoms with Crippen molar-refractivity contribution in [2.75, 3.05) is 0 Å². The Kier molecular flexibility index (Phi) is 5.10. The molecule has 25 heavy (non-hydrogen) atoms. The van der Waals surface area contributed by atoms with Crippen LogP contribution in [-0.4, -0.2) is 22.7 Å². The van der Waals surface area contributed by atoms with Crippen molar-refractivity contribution < 1.29 is 14.6 Å². The maximum Gasteiger partial charge on any atom is 0.222 e. The van der Waals surface area contributed by atoms with Gasteiger partial charge in [-0.05, 0) is 31.7 Å². The average molecular weight is 345 g/mol. The first-order chi connectivity index (χ1) is 11.8. The van der Waals surface area contributed by atoms with Gasteiger partial charge >= 0.3 is 0 Å². The van der Waals surface area contributed by atoms with E-state index in [2.05, 4.69) is 19.2 Å². The first-order valence-electron chi connectivity index (χ1n) is 9.55. The number of hydrogen-bond acceptors (Lipinski definition) is 3. The first-order valence-corrected chi connectivity index (χ1v) is 9.55. The number of carbonyl (C=O) groups is 1. The normalized spacial score (nSPS) is 35.2. The zero-order chi connectivity index (χ0) is 18.2. The van der Waals surface area contributed by atoms with Gasteiger partial charge < -0.3 is 15.2 Å². The van der Waals surface area contributed by atoms with E-state index in [9.17, 15) is 9.90 Å². The zero-order valence-electron chi connectivity index (χ0n) is 15.8. The minimum Gasteiger partial charge on any atom is -0.508 e. The van der Waals surface area contributed by atoms with E-state index in [1.807, 2.05) is 32.0 Å². The van der Waals surface area contributed by atoms with E-state index >= 15 is 0 Å². The van der Waals surface area contributed by atoms with Gasteiger partial charge in [0.05, 0.1) is 12.2 Å². The largest absolute Gasteiger partial charge is 0.508 e. The van der Waals surface area contributed by atoms with E-state index in [0.717, 1.165) is 18.4 Å². The molecule has 1 heterocycles. The number of benzene rings is 1. The molecule has 0 aromatic heterocycles. The van der Waals surface area contributed by atoms with Crippen molar-refractivity contribution in [1.82, 2.24) is 5.32 Å². The quantitative estimate of drug-likeness (QED) is 0.863. The number of ether oxygens (including phenoxy) is 1. The Bertz CT molecular complexity index is 629. The lowest BCUT2D eigenvalue weighted by molar-refractivity contribution is -0.155. The Hall–Kier alpha value is -1.55. The molecule has 3 rings (SSSR count). The number of carbonyl (C=O) groups excluding carboxylic acids is 1. The van der Waals surface area contributed by atoms with Gasteiger partial charge in [0.2, 0.25) is 5.91 Å². The van der Waals surface area contributed by atoms with Crippen LogP contribution in [0.3, 0.4) is 0 Å². The summed E-state index contributed by atoms with van der Waals surface area (Å²) in [5.41, 5.74) is 0.515. The molecule has 2 N–H and O–H groups in total. The topological polar surface area (TPSA) is 58.6 Å². The fourth-order valence-corrected chi connectivity index (χ4v) is 4.52. The fraction of sp³-hybridized carbons (Fsp3) is 0.667. The van der Waals surface area contributed by atoms with Gasteiger partial charge in [0.25, 0.3) is 0 Å². The molecule has 0 radical (unpaired) electrons. The van der Waals surface area contributed by atoms with Gasteiger partial charge in [-0.25, -0.2) is 0 Å². The van der Waals surface area contributed by atoms with Gasteiger partial charge in [-0.2, -0.15) is 0 Å². The van der Waals surface area contributed by atoms with Crippen LogP contribution in [0.25, 0.3) is 0 Å². The number of fused-ring (bicyclic) bond motifs is 1. The molecule has 1 aliphatic heterocycles. The van der Waals surface area contributed by atoms with Crippen LogP contribution in [-0.2, 0) is 9.53 Å². The van der Waals surface area contributed by atoms with Crippen molar-refractivity contribution in [3.63, 3.8) is 0 Å². The number of rotatable bonds is 3. The maximum atomic E-state index is 12.5. The molecule has 0 unspecified atom stereocenters. The fourth-order valence-electron chi connectivity index (χ4n) is 4.52. The van der Waals surface area contributed by atoms with Crippen LogP contribution in [0.4, 0.5) is 0 Å². The lowest BCUT2D eigenvalue weighted by atomic mass is 9.66. The molecule has 1 aromatic carbocycles. The predicted molar refractivity (Wildman–Crippen MR) is 98.2 cm³/mol. The molecule has 2 fully saturated rings. The van der Waals surface area contributed by atoms with E-state index in [1.54, 1.807) is 6.07 Å². The summed E-state index contributed by atoms with van der Waals surface area (Å²) in [5.74, 6) is 1.29. The highest BCUT2D eigenvalue weighted by molar-refractivity contribution is 5.78. The van der Waals surface area contributed by atoms with Gasteiger partial charge in [-0.1, -0.05) is 45.4 Å². The predicted octanol–water partition coefficient (Wildman–Crippen LogP) is 4.19. The summed E-state index contributed by atoms with van der Waals surface area (Å²) < 4.78 is 6.45. The van der Waals surface area contributed by atoms with Crippen LogP contribution in [0.15, 0.2) is 24.3 Å². The zero-order valence-corrected chi connectivity index (χ0v) is 15.8. The second kappa shape index (κ2) is 6.99. The lowest BCUT2D eigenvalue weighted by Crippen LogP contribution is -2.61. The Balaban J connectivity index is 1.91. The molecule has 1 aliphatic carbocycles. The summed E-state index contributed by atoms with van der Waals surface area (Å²) >= 11 is 0. The molecular weight excluding hydrogens is 314 g/mol. The van der Waals surface area contributed by atoms with E-state index in [1.165, 1.54) is 6.42 Å². The van der Waals surface area contributed by atoms with Crippen molar-refractivity contribution in [2.24, 2.45) is 17.8 Å². The van der Waals surface area contributed by atoms with Crippen molar-refractivity contribution in [2.45, 2.75) is 71.1 Å². The highest BCUT2D eigenvalue weighted by Gasteiger charge is 2.49. The number of aromatic hydroxyl groups is 1.